The molecular formula is C13H22N4OS. The molecule has 2 N–H and O–H groups in total. The molecule has 19 heavy (non-hydrogen) atoms. The monoisotopic (exact) mass is 282 g/mol. The lowest BCUT2D eigenvalue weighted by molar-refractivity contribution is -0.0971. The molecule has 106 valence electrons. The van der Waals surface area contributed by atoms with Crippen LogP contribution in [0.1, 0.15) is 22.5 Å². The van der Waals surface area contributed by atoms with Gasteiger partial charge >= 0.3 is 0 Å². The molecule has 1 aromatic heterocycles. The first-order valence-electron chi connectivity index (χ1n) is 6.47. The molecule has 1 fully saturated rings. The number of aryl methyl sites for hydroxylation is 2. The number of guanidine groups is 1. The van der Waals surface area contributed by atoms with Gasteiger partial charge in [0.25, 0.3) is 0 Å². The number of hydrogen-bond acceptors (Lipinski definition) is 4. The maximum atomic E-state index is 5.24. The third-order valence-electron chi connectivity index (χ3n) is 3.29. The van der Waals surface area contributed by atoms with Crippen molar-refractivity contribution in [3.05, 3.63) is 15.6 Å². The highest BCUT2D eigenvalue weighted by atomic mass is 32.1. The fourth-order valence-corrected chi connectivity index (χ4v) is 2.72. The van der Waals surface area contributed by atoms with Gasteiger partial charge in [-0.25, -0.2) is 4.98 Å². The van der Waals surface area contributed by atoms with Gasteiger partial charge < -0.3 is 15.4 Å². The van der Waals surface area contributed by atoms with Crippen molar-refractivity contribution in [2.45, 2.75) is 27.3 Å². The highest BCUT2D eigenvalue weighted by Gasteiger charge is 2.33. The van der Waals surface area contributed by atoms with E-state index in [1.165, 1.54) is 4.88 Å². The van der Waals surface area contributed by atoms with Crippen molar-refractivity contribution in [1.82, 2.24) is 15.6 Å². The number of hydrogen-bond donors (Lipinski definition) is 2. The first kappa shape index (κ1) is 14.3. The van der Waals surface area contributed by atoms with Crippen LogP contribution in [-0.4, -0.2) is 37.7 Å². The van der Waals surface area contributed by atoms with Crippen molar-refractivity contribution in [2.75, 3.05) is 26.8 Å². The average Bonchev–Trinajstić information content (AvgIpc) is 2.67. The molecule has 1 saturated heterocycles. The Morgan fingerprint density at radius 1 is 1.42 bits per heavy atom. The number of thiazole rings is 1. The molecule has 0 saturated carbocycles. The summed E-state index contributed by atoms with van der Waals surface area (Å²) in [4.78, 5) is 10.0. The molecule has 0 bridgehead atoms. The Hall–Kier alpha value is -1.14. The van der Waals surface area contributed by atoms with E-state index in [1.54, 1.807) is 18.4 Å². The molecule has 2 rings (SSSR count). The van der Waals surface area contributed by atoms with Crippen LogP contribution < -0.4 is 10.6 Å². The number of nitrogens with one attached hydrogen (secondary N) is 2. The van der Waals surface area contributed by atoms with Gasteiger partial charge in [-0.15, -0.1) is 11.3 Å². The Kier molecular flexibility index (Phi) is 4.42. The number of ether oxygens (including phenoxy) is 1. The van der Waals surface area contributed by atoms with Gasteiger partial charge in [-0.05, 0) is 13.8 Å². The Morgan fingerprint density at radius 3 is 2.63 bits per heavy atom. The molecule has 2 heterocycles. The van der Waals surface area contributed by atoms with Crippen LogP contribution in [0, 0.1) is 19.3 Å². The highest BCUT2D eigenvalue weighted by Crippen LogP contribution is 2.24. The maximum absolute atomic E-state index is 5.24. The lowest BCUT2D eigenvalue weighted by Crippen LogP contribution is -2.50. The highest BCUT2D eigenvalue weighted by molar-refractivity contribution is 7.11. The summed E-state index contributed by atoms with van der Waals surface area (Å²) < 4.78 is 5.24. The van der Waals surface area contributed by atoms with E-state index in [0.29, 0.717) is 6.54 Å². The van der Waals surface area contributed by atoms with Crippen LogP contribution in [0.4, 0.5) is 0 Å². The zero-order chi connectivity index (χ0) is 13.9. The summed E-state index contributed by atoms with van der Waals surface area (Å²) in [6, 6.07) is 0. The molecule has 6 heteroatoms. The smallest absolute Gasteiger partial charge is 0.191 e. The van der Waals surface area contributed by atoms with Gasteiger partial charge in [0.05, 0.1) is 25.5 Å². The molecule has 0 aromatic carbocycles. The standard InChI is InChI=1S/C13H22N4OS/c1-9-10(2)19-11(17-9)5-15-12(14-4)16-6-13(3)7-18-8-13/h5-8H2,1-4H3,(H2,14,15,16). The lowest BCUT2D eigenvalue weighted by Gasteiger charge is -2.38. The Bertz CT molecular complexity index is 446. The molecule has 0 amide bonds. The van der Waals surface area contributed by atoms with E-state index in [-0.39, 0.29) is 5.41 Å². The summed E-state index contributed by atoms with van der Waals surface area (Å²) in [5, 5.41) is 7.73. The SMILES string of the molecule is CN=C(NCc1nc(C)c(C)s1)NCC1(C)COC1. The van der Waals surface area contributed by atoms with Gasteiger partial charge in [-0.3, -0.25) is 4.99 Å². The summed E-state index contributed by atoms with van der Waals surface area (Å²) in [7, 11) is 1.79. The van der Waals surface area contributed by atoms with Gasteiger partial charge in [0, 0.05) is 23.9 Å². The van der Waals surface area contributed by atoms with Gasteiger partial charge in [0.1, 0.15) is 5.01 Å². The first-order valence-corrected chi connectivity index (χ1v) is 7.29. The van der Waals surface area contributed by atoms with Gasteiger partial charge in [-0.1, -0.05) is 6.92 Å². The van der Waals surface area contributed by atoms with Crippen LogP contribution in [0.25, 0.3) is 0 Å². The van der Waals surface area contributed by atoms with Crippen LogP contribution in [0.2, 0.25) is 0 Å². The van der Waals surface area contributed by atoms with Crippen LogP contribution in [-0.2, 0) is 11.3 Å². The van der Waals surface area contributed by atoms with Crippen LogP contribution in [0.5, 0.6) is 0 Å². The number of aliphatic imine (C=N–C) groups is 1. The molecule has 1 aromatic rings. The molecule has 5 nitrogen and oxygen atoms in total. The second-order valence-corrected chi connectivity index (χ2v) is 6.62. The fourth-order valence-electron chi connectivity index (χ4n) is 1.84. The van der Waals surface area contributed by atoms with Crippen molar-refractivity contribution in [3.63, 3.8) is 0 Å². The van der Waals surface area contributed by atoms with Crippen LogP contribution >= 0.6 is 11.3 Å². The lowest BCUT2D eigenvalue weighted by atomic mass is 9.89. The molecule has 0 atom stereocenters. The zero-order valence-corrected chi connectivity index (χ0v) is 12.9. The molecule has 0 unspecified atom stereocenters. The van der Waals surface area contributed by atoms with Crippen molar-refractivity contribution >= 4 is 17.3 Å². The minimum Gasteiger partial charge on any atom is -0.380 e. The van der Waals surface area contributed by atoms with E-state index in [2.05, 4.69) is 34.5 Å². The van der Waals surface area contributed by atoms with E-state index in [1.807, 2.05) is 6.92 Å². The van der Waals surface area contributed by atoms with E-state index in [9.17, 15) is 0 Å². The quantitative estimate of drug-likeness (QED) is 0.648. The molecular weight excluding hydrogens is 260 g/mol. The van der Waals surface area contributed by atoms with Gasteiger partial charge in [0.15, 0.2) is 5.96 Å². The topological polar surface area (TPSA) is 58.5 Å². The summed E-state index contributed by atoms with van der Waals surface area (Å²) in [5.41, 5.74) is 1.36. The summed E-state index contributed by atoms with van der Waals surface area (Å²) in [6.45, 7) is 9.59. The predicted octanol–water partition coefficient (Wildman–Crippen LogP) is 1.46. The maximum Gasteiger partial charge on any atom is 0.191 e. The van der Waals surface area contributed by atoms with Crippen LogP contribution in [0.15, 0.2) is 4.99 Å². The minimum absolute atomic E-state index is 0.242. The predicted molar refractivity (Wildman–Crippen MR) is 78.7 cm³/mol. The number of rotatable bonds is 4. The molecule has 1 aliphatic rings. The van der Waals surface area contributed by atoms with Crippen LogP contribution in [0.3, 0.4) is 0 Å². The van der Waals surface area contributed by atoms with Crippen molar-refractivity contribution < 1.29 is 4.74 Å². The normalized spacial score (nSPS) is 18.0. The third-order valence-corrected chi connectivity index (χ3v) is 4.36. The largest absolute Gasteiger partial charge is 0.380 e. The van der Waals surface area contributed by atoms with Crippen molar-refractivity contribution in [1.29, 1.82) is 0 Å². The molecule has 0 radical (unpaired) electrons. The average molecular weight is 282 g/mol. The molecule has 1 aliphatic heterocycles. The summed E-state index contributed by atoms with van der Waals surface area (Å²) >= 11 is 1.73. The van der Waals surface area contributed by atoms with E-state index >= 15 is 0 Å². The molecule has 0 spiro atoms. The van der Waals surface area contributed by atoms with Crippen molar-refractivity contribution in [3.8, 4) is 0 Å². The fraction of sp³-hybridized carbons (Fsp3) is 0.692. The zero-order valence-electron chi connectivity index (χ0n) is 12.0. The van der Waals surface area contributed by atoms with Gasteiger partial charge in [-0.2, -0.15) is 0 Å². The number of nitrogens with zero attached hydrogens (tertiary/aromatic N) is 2. The van der Waals surface area contributed by atoms with Crippen molar-refractivity contribution in [2.24, 2.45) is 10.4 Å². The number of aromatic nitrogens is 1. The summed E-state index contributed by atoms with van der Waals surface area (Å²) in [6.07, 6.45) is 0. The molecule has 0 aliphatic carbocycles. The Morgan fingerprint density at radius 2 is 2.16 bits per heavy atom. The minimum atomic E-state index is 0.242. The van der Waals surface area contributed by atoms with E-state index < -0.39 is 0 Å². The Labute approximate surface area is 118 Å². The second kappa shape index (κ2) is 5.88. The van der Waals surface area contributed by atoms with E-state index in [0.717, 1.165) is 36.4 Å². The third kappa shape index (κ3) is 3.67. The Balaban J connectivity index is 1.79. The van der Waals surface area contributed by atoms with Gasteiger partial charge in [0.2, 0.25) is 0 Å². The summed E-state index contributed by atoms with van der Waals surface area (Å²) in [5.74, 6) is 0.818. The van der Waals surface area contributed by atoms with E-state index in [4.69, 9.17) is 4.74 Å². The second-order valence-electron chi connectivity index (χ2n) is 5.33. The first-order chi connectivity index (χ1) is 9.02.